The number of hydrogen-bond donors (Lipinski definition) is 0. The molecule has 0 aliphatic carbocycles. The molecule has 0 amide bonds. The van der Waals surface area contributed by atoms with Gasteiger partial charge in [-0.25, -0.2) is 0 Å². The van der Waals surface area contributed by atoms with Crippen molar-refractivity contribution < 1.29 is 4.79 Å². The van der Waals surface area contributed by atoms with Gasteiger partial charge in [-0.05, 0) is 6.26 Å². The Labute approximate surface area is 89.6 Å². The average molecular weight is 224 g/mol. The van der Waals surface area contributed by atoms with Gasteiger partial charge in [-0.15, -0.1) is 23.1 Å². The van der Waals surface area contributed by atoms with Crippen molar-refractivity contribution in [3.8, 4) is 0 Å². The predicted molar refractivity (Wildman–Crippen MR) is 59.2 cm³/mol. The van der Waals surface area contributed by atoms with Crippen LogP contribution in [0.3, 0.4) is 0 Å². The van der Waals surface area contributed by atoms with Crippen LogP contribution in [0.4, 0.5) is 0 Å². The zero-order chi connectivity index (χ0) is 10.1. The molecule has 0 aromatic carbocycles. The summed E-state index contributed by atoms with van der Waals surface area (Å²) in [5.41, 5.74) is 1.57. The molecule has 14 heavy (non-hydrogen) atoms. The second-order valence-corrected chi connectivity index (χ2v) is 4.83. The smallest absolute Gasteiger partial charge is 0.172 e. The van der Waals surface area contributed by atoms with E-state index in [2.05, 4.69) is 9.97 Å². The Morgan fingerprint density at radius 1 is 1.36 bits per heavy atom. The molecule has 5 heteroatoms. The van der Waals surface area contributed by atoms with E-state index in [4.69, 9.17) is 0 Å². The minimum absolute atomic E-state index is 0.0563. The van der Waals surface area contributed by atoms with Crippen molar-refractivity contribution in [1.82, 2.24) is 9.97 Å². The fourth-order valence-corrected chi connectivity index (χ4v) is 2.97. The fraction of sp³-hybridized carbons (Fsp3) is 0.222. The van der Waals surface area contributed by atoms with Gasteiger partial charge in [-0.1, -0.05) is 0 Å². The zero-order valence-electron chi connectivity index (χ0n) is 7.77. The van der Waals surface area contributed by atoms with Crippen LogP contribution in [0.25, 0.3) is 11.0 Å². The Morgan fingerprint density at radius 3 is 2.57 bits per heavy atom. The molecule has 72 valence electrons. The van der Waals surface area contributed by atoms with Crippen LogP contribution >= 0.6 is 23.1 Å². The van der Waals surface area contributed by atoms with Gasteiger partial charge in [0.2, 0.25) is 0 Å². The number of thioether (sulfide) groups is 1. The van der Waals surface area contributed by atoms with E-state index >= 15 is 0 Å². The molecule has 2 rings (SSSR count). The summed E-state index contributed by atoms with van der Waals surface area (Å²) in [6, 6.07) is 0. The van der Waals surface area contributed by atoms with Crippen LogP contribution in [-0.4, -0.2) is 22.0 Å². The minimum atomic E-state index is 0.0563. The highest BCUT2D eigenvalue weighted by Gasteiger charge is 2.15. The number of carbonyl (C=O) groups is 1. The van der Waals surface area contributed by atoms with Gasteiger partial charge in [0.05, 0.1) is 9.09 Å². The molecule has 0 saturated heterocycles. The third-order valence-corrected chi connectivity index (χ3v) is 4.18. The maximum absolute atomic E-state index is 11.3. The van der Waals surface area contributed by atoms with Crippen molar-refractivity contribution in [2.75, 3.05) is 6.26 Å². The van der Waals surface area contributed by atoms with Crippen LogP contribution in [-0.2, 0) is 0 Å². The van der Waals surface area contributed by atoms with Crippen LogP contribution in [0.1, 0.15) is 16.6 Å². The van der Waals surface area contributed by atoms with Gasteiger partial charge in [-0.3, -0.25) is 14.8 Å². The number of thiophene rings is 1. The minimum Gasteiger partial charge on any atom is -0.294 e. The molecule has 3 nitrogen and oxygen atoms in total. The molecule has 0 N–H and O–H groups in total. The Kier molecular flexibility index (Phi) is 2.52. The van der Waals surface area contributed by atoms with Crippen LogP contribution < -0.4 is 0 Å². The molecule has 0 aliphatic heterocycles. The third kappa shape index (κ3) is 1.42. The van der Waals surface area contributed by atoms with Crippen LogP contribution in [0, 0.1) is 0 Å². The molecule has 0 atom stereocenters. The summed E-state index contributed by atoms with van der Waals surface area (Å²) >= 11 is 3.07. The fourth-order valence-electron chi connectivity index (χ4n) is 1.22. The molecule has 0 fully saturated rings. The van der Waals surface area contributed by atoms with Crippen LogP contribution in [0.5, 0.6) is 0 Å². The van der Waals surface area contributed by atoms with Crippen molar-refractivity contribution in [2.24, 2.45) is 0 Å². The SMILES string of the molecule is CSc1sc(C(C)=O)c2nccnc12. The summed E-state index contributed by atoms with van der Waals surface area (Å²) in [5.74, 6) is 0.0563. The summed E-state index contributed by atoms with van der Waals surface area (Å²) in [5, 5.41) is 0. The quantitative estimate of drug-likeness (QED) is 0.581. The second kappa shape index (κ2) is 3.67. The van der Waals surface area contributed by atoms with Gasteiger partial charge >= 0.3 is 0 Å². The van der Waals surface area contributed by atoms with Gasteiger partial charge in [-0.2, -0.15) is 0 Å². The lowest BCUT2D eigenvalue weighted by Crippen LogP contribution is -1.89. The van der Waals surface area contributed by atoms with Gasteiger partial charge in [0.25, 0.3) is 0 Å². The summed E-state index contributed by atoms with van der Waals surface area (Å²) in [4.78, 5) is 20.4. The summed E-state index contributed by atoms with van der Waals surface area (Å²) in [7, 11) is 0. The molecular formula is C9H8N2OS2. The van der Waals surface area contributed by atoms with E-state index < -0.39 is 0 Å². The lowest BCUT2D eigenvalue weighted by Gasteiger charge is -1.90. The maximum atomic E-state index is 11.3. The zero-order valence-corrected chi connectivity index (χ0v) is 9.41. The normalized spacial score (nSPS) is 10.7. The molecule has 0 bridgehead atoms. The van der Waals surface area contributed by atoms with Gasteiger partial charge < -0.3 is 0 Å². The van der Waals surface area contributed by atoms with Crippen molar-refractivity contribution in [2.45, 2.75) is 11.1 Å². The van der Waals surface area contributed by atoms with E-state index in [1.54, 1.807) is 31.1 Å². The Morgan fingerprint density at radius 2 is 2.00 bits per heavy atom. The lowest BCUT2D eigenvalue weighted by atomic mass is 10.3. The standard InChI is InChI=1S/C9H8N2OS2/c1-5(12)8-6-7(9(13-2)14-8)11-4-3-10-6/h3-4H,1-2H3. The van der Waals surface area contributed by atoms with Crippen molar-refractivity contribution in [3.05, 3.63) is 17.3 Å². The Hall–Kier alpha value is -0.940. The van der Waals surface area contributed by atoms with E-state index in [0.29, 0.717) is 4.88 Å². The molecule has 0 aliphatic rings. The first-order valence-corrected chi connectivity index (χ1v) is 6.06. The molecule has 0 radical (unpaired) electrons. The third-order valence-electron chi connectivity index (χ3n) is 1.81. The molecule has 2 heterocycles. The lowest BCUT2D eigenvalue weighted by molar-refractivity contribution is 0.102. The van der Waals surface area contributed by atoms with Crippen molar-refractivity contribution in [1.29, 1.82) is 0 Å². The number of ketones is 1. The Bertz CT molecular complexity index is 493. The van der Waals surface area contributed by atoms with Gasteiger partial charge in [0, 0.05) is 19.3 Å². The highest BCUT2D eigenvalue weighted by Crippen LogP contribution is 2.34. The second-order valence-electron chi connectivity index (χ2n) is 2.73. The number of aromatic nitrogens is 2. The van der Waals surface area contributed by atoms with Gasteiger partial charge in [0.1, 0.15) is 11.0 Å². The van der Waals surface area contributed by atoms with E-state index in [0.717, 1.165) is 15.2 Å². The predicted octanol–water partition coefficient (Wildman–Crippen LogP) is 2.62. The molecule has 0 saturated carbocycles. The highest BCUT2D eigenvalue weighted by molar-refractivity contribution is 8.00. The first kappa shape index (κ1) is 9.61. The monoisotopic (exact) mass is 224 g/mol. The molecular weight excluding hydrogens is 216 g/mol. The first-order chi connectivity index (χ1) is 6.74. The largest absolute Gasteiger partial charge is 0.294 e. The highest BCUT2D eigenvalue weighted by atomic mass is 32.2. The maximum Gasteiger partial charge on any atom is 0.172 e. The van der Waals surface area contributed by atoms with E-state index in [-0.39, 0.29) is 5.78 Å². The molecule has 0 unspecified atom stereocenters. The number of carbonyl (C=O) groups excluding carboxylic acids is 1. The Balaban J connectivity index is 2.80. The first-order valence-electron chi connectivity index (χ1n) is 4.02. The number of fused-ring (bicyclic) bond motifs is 1. The van der Waals surface area contributed by atoms with E-state index in [1.165, 1.54) is 11.3 Å². The van der Waals surface area contributed by atoms with Crippen molar-refractivity contribution >= 4 is 39.9 Å². The average Bonchev–Trinajstić information content (AvgIpc) is 2.56. The van der Waals surface area contributed by atoms with Gasteiger partial charge in [0.15, 0.2) is 5.78 Å². The molecule has 0 spiro atoms. The number of rotatable bonds is 2. The topological polar surface area (TPSA) is 42.9 Å². The number of hydrogen-bond acceptors (Lipinski definition) is 5. The van der Waals surface area contributed by atoms with E-state index in [9.17, 15) is 4.79 Å². The number of nitrogens with zero attached hydrogens (tertiary/aromatic N) is 2. The summed E-state index contributed by atoms with van der Waals surface area (Å²) in [6.07, 6.45) is 5.24. The summed E-state index contributed by atoms with van der Waals surface area (Å²) < 4.78 is 1.05. The van der Waals surface area contributed by atoms with E-state index in [1.807, 2.05) is 6.26 Å². The van der Waals surface area contributed by atoms with Crippen LogP contribution in [0.2, 0.25) is 0 Å². The molecule has 2 aromatic heterocycles. The van der Waals surface area contributed by atoms with Crippen molar-refractivity contribution in [3.63, 3.8) is 0 Å². The molecule has 2 aromatic rings. The number of Topliss-reactive ketones (excluding diaryl/α,β-unsaturated/α-hetero) is 1. The van der Waals surface area contributed by atoms with Crippen LogP contribution in [0.15, 0.2) is 16.6 Å². The summed E-state index contributed by atoms with van der Waals surface area (Å²) in [6.45, 7) is 1.56.